The van der Waals surface area contributed by atoms with E-state index in [1.807, 2.05) is 0 Å². The lowest BCUT2D eigenvalue weighted by Crippen LogP contribution is -2.15. The fraction of sp³-hybridized carbons (Fsp3) is 0.0556. The summed E-state index contributed by atoms with van der Waals surface area (Å²) >= 11 is 5.90. The molecule has 0 unspecified atom stereocenters. The summed E-state index contributed by atoms with van der Waals surface area (Å²) in [5, 5.41) is 0.634. The lowest BCUT2D eigenvalue weighted by atomic mass is 10.1. The van der Waals surface area contributed by atoms with Crippen LogP contribution in [0, 0.1) is 11.6 Å². The Kier molecular flexibility index (Phi) is 4.72. The Balaban J connectivity index is 1.79. The van der Waals surface area contributed by atoms with Crippen molar-refractivity contribution in [3.05, 3.63) is 76.4 Å². The van der Waals surface area contributed by atoms with Gasteiger partial charge in [0.2, 0.25) is 0 Å². The second-order valence-electron chi connectivity index (χ2n) is 5.14. The number of nitrogens with zero attached hydrogens (tertiary/aromatic N) is 1. The van der Waals surface area contributed by atoms with Gasteiger partial charge in [-0.05, 0) is 30.3 Å². The molecule has 0 bridgehead atoms. The number of benzene rings is 2. The van der Waals surface area contributed by atoms with E-state index in [9.17, 15) is 18.4 Å². The average molecular weight is 362 g/mol. The van der Waals surface area contributed by atoms with Crippen molar-refractivity contribution in [3.63, 3.8) is 0 Å². The zero-order chi connectivity index (χ0) is 18.0. The second kappa shape index (κ2) is 6.94. The highest BCUT2D eigenvalue weighted by molar-refractivity contribution is 6.30. The van der Waals surface area contributed by atoms with Gasteiger partial charge in [0.1, 0.15) is 5.15 Å². The molecule has 0 N–H and O–H groups in total. The molecular weight excluding hydrogens is 352 g/mol. The van der Waals surface area contributed by atoms with Crippen molar-refractivity contribution in [2.45, 2.75) is 0 Å². The number of ketones is 1. The molecule has 0 spiro atoms. The molecule has 2 aromatic carbocycles. The van der Waals surface area contributed by atoms with Crippen LogP contribution >= 0.6 is 11.6 Å². The van der Waals surface area contributed by atoms with E-state index in [1.165, 1.54) is 6.07 Å². The summed E-state index contributed by atoms with van der Waals surface area (Å²) in [6.45, 7) is -0.613. The number of halogens is 3. The monoisotopic (exact) mass is 361 g/mol. The van der Waals surface area contributed by atoms with Gasteiger partial charge in [0.15, 0.2) is 24.0 Å². The van der Waals surface area contributed by atoms with Crippen LogP contribution < -0.4 is 0 Å². The van der Waals surface area contributed by atoms with Crippen molar-refractivity contribution >= 4 is 34.3 Å². The molecule has 0 saturated carbocycles. The van der Waals surface area contributed by atoms with Crippen LogP contribution in [0.25, 0.3) is 10.9 Å². The average Bonchev–Trinajstić information content (AvgIpc) is 2.60. The van der Waals surface area contributed by atoms with Crippen LogP contribution in [-0.2, 0) is 4.74 Å². The molecule has 126 valence electrons. The van der Waals surface area contributed by atoms with Gasteiger partial charge in [-0.15, -0.1) is 0 Å². The normalized spacial score (nSPS) is 10.7. The predicted molar refractivity (Wildman–Crippen MR) is 87.7 cm³/mol. The summed E-state index contributed by atoms with van der Waals surface area (Å²) in [6, 6.07) is 10.9. The molecule has 0 amide bonds. The number of aromatic nitrogens is 1. The van der Waals surface area contributed by atoms with E-state index in [0.717, 1.165) is 18.2 Å². The minimum Gasteiger partial charge on any atom is -0.454 e. The van der Waals surface area contributed by atoms with Crippen LogP contribution in [-0.4, -0.2) is 23.3 Å². The Morgan fingerprint density at radius 1 is 1.04 bits per heavy atom. The maximum Gasteiger partial charge on any atom is 0.339 e. The molecule has 4 nitrogen and oxygen atoms in total. The van der Waals surface area contributed by atoms with Crippen LogP contribution in [0.15, 0.2) is 48.5 Å². The van der Waals surface area contributed by atoms with Gasteiger partial charge < -0.3 is 4.74 Å². The molecule has 0 saturated heterocycles. The molecule has 0 atom stereocenters. The van der Waals surface area contributed by atoms with Crippen LogP contribution in [0.4, 0.5) is 8.78 Å². The smallest absolute Gasteiger partial charge is 0.339 e. The highest BCUT2D eigenvalue weighted by Crippen LogP contribution is 2.21. The fourth-order valence-corrected chi connectivity index (χ4v) is 2.47. The first-order chi connectivity index (χ1) is 12.0. The predicted octanol–water partition coefficient (Wildman–Crippen LogP) is 4.21. The molecule has 0 aliphatic carbocycles. The van der Waals surface area contributed by atoms with Crippen molar-refractivity contribution in [2.24, 2.45) is 0 Å². The van der Waals surface area contributed by atoms with Crippen molar-refractivity contribution in [2.75, 3.05) is 6.61 Å². The zero-order valence-electron chi connectivity index (χ0n) is 12.6. The second-order valence-corrected chi connectivity index (χ2v) is 5.53. The molecule has 0 fully saturated rings. The molecule has 1 aromatic heterocycles. The van der Waals surface area contributed by atoms with Crippen molar-refractivity contribution in [1.29, 1.82) is 0 Å². The minimum atomic E-state index is -1.15. The number of carbonyl (C=O) groups is 2. The maximum atomic E-state index is 13.2. The van der Waals surface area contributed by atoms with Crippen molar-refractivity contribution < 1.29 is 23.1 Å². The number of pyridine rings is 1. The van der Waals surface area contributed by atoms with Crippen LogP contribution in [0.3, 0.4) is 0 Å². The van der Waals surface area contributed by atoms with E-state index in [1.54, 1.807) is 24.3 Å². The quantitative estimate of drug-likeness (QED) is 0.397. The zero-order valence-corrected chi connectivity index (χ0v) is 13.4. The highest BCUT2D eigenvalue weighted by Gasteiger charge is 2.17. The number of para-hydroxylation sites is 1. The third kappa shape index (κ3) is 3.64. The first kappa shape index (κ1) is 17.0. The van der Waals surface area contributed by atoms with Gasteiger partial charge in [-0.3, -0.25) is 4.79 Å². The molecule has 25 heavy (non-hydrogen) atoms. The number of hydrogen-bond donors (Lipinski definition) is 0. The van der Waals surface area contributed by atoms with E-state index in [4.69, 9.17) is 16.3 Å². The maximum absolute atomic E-state index is 13.2. The van der Waals surface area contributed by atoms with Gasteiger partial charge in [0, 0.05) is 10.9 Å². The SMILES string of the molecule is O=C(COC(=O)c1cc(Cl)nc2ccccc12)c1ccc(F)c(F)c1. The number of carbonyl (C=O) groups excluding carboxylic acids is 2. The van der Waals surface area contributed by atoms with Crippen molar-refractivity contribution in [1.82, 2.24) is 4.98 Å². The molecule has 0 aliphatic rings. The number of fused-ring (bicyclic) bond motifs is 1. The third-order valence-corrected chi connectivity index (χ3v) is 3.67. The van der Waals surface area contributed by atoms with Crippen LogP contribution in [0.1, 0.15) is 20.7 Å². The van der Waals surface area contributed by atoms with E-state index < -0.39 is 30.0 Å². The molecule has 1 heterocycles. The van der Waals surface area contributed by atoms with Crippen LogP contribution in [0.2, 0.25) is 5.15 Å². The first-order valence-corrected chi connectivity index (χ1v) is 7.54. The Bertz CT molecular complexity index is 991. The highest BCUT2D eigenvalue weighted by atomic mass is 35.5. The van der Waals surface area contributed by atoms with E-state index in [2.05, 4.69) is 4.98 Å². The molecule has 3 aromatic rings. The van der Waals surface area contributed by atoms with E-state index in [-0.39, 0.29) is 16.3 Å². The summed E-state index contributed by atoms with van der Waals surface area (Å²) in [4.78, 5) is 28.3. The summed E-state index contributed by atoms with van der Waals surface area (Å²) in [7, 11) is 0. The number of Topliss-reactive ketones (excluding diaryl/α,β-unsaturated/α-hetero) is 1. The van der Waals surface area contributed by atoms with E-state index in [0.29, 0.717) is 10.9 Å². The number of ether oxygens (including phenoxy) is 1. The van der Waals surface area contributed by atoms with Gasteiger partial charge in [-0.1, -0.05) is 29.8 Å². The van der Waals surface area contributed by atoms with Gasteiger partial charge in [0.25, 0.3) is 0 Å². The number of hydrogen-bond acceptors (Lipinski definition) is 4. The standard InChI is InChI=1S/C18H10ClF2NO3/c19-17-8-12(11-3-1-2-4-15(11)22-17)18(24)25-9-16(23)10-5-6-13(20)14(21)7-10/h1-8H,9H2. The number of rotatable bonds is 4. The Morgan fingerprint density at radius 3 is 2.56 bits per heavy atom. The Morgan fingerprint density at radius 2 is 1.80 bits per heavy atom. The first-order valence-electron chi connectivity index (χ1n) is 7.16. The molecule has 0 aliphatic heterocycles. The van der Waals surface area contributed by atoms with Gasteiger partial charge >= 0.3 is 5.97 Å². The van der Waals surface area contributed by atoms with E-state index >= 15 is 0 Å². The van der Waals surface area contributed by atoms with Gasteiger partial charge in [-0.25, -0.2) is 18.6 Å². The van der Waals surface area contributed by atoms with Crippen molar-refractivity contribution in [3.8, 4) is 0 Å². The topological polar surface area (TPSA) is 56.3 Å². The third-order valence-electron chi connectivity index (χ3n) is 3.48. The fourth-order valence-electron chi connectivity index (χ4n) is 2.27. The Hall–Kier alpha value is -2.86. The van der Waals surface area contributed by atoms with Crippen LogP contribution in [0.5, 0.6) is 0 Å². The minimum absolute atomic E-state index is 0.0932. The molecular formula is C18H10ClF2NO3. The van der Waals surface area contributed by atoms with Gasteiger partial charge in [0.05, 0.1) is 11.1 Å². The number of esters is 1. The summed E-state index contributed by atoms with van der Waals surface area (Å²) < 4.78 is 31.0. The largest absolute Gasteiger partial charge is 0.454 e. The molecule has 7 heteroatoms. The summed E-state index contributed by atoms with van der Waals surface area (Å²) in [5.41, 5.74) is 0.576. The Labute approximate surface area is 146 Å². The molecule has 3 rings (SSSR count). The summed E-state index contributed by atoms with van der Waals surface area (Å²) in [5.74, 6) is -3.64. The summed E-state index contributed by atoms with van der Waals surface area (Å²) in [6.07, 6.45) is 0. The van der Waals surface area contributed by atoms with Gasteiger partial charge in [-0.2, -0.15) is 0 Å². The lowest BCUT2D eigenvalue weighted by Gasteiger charge is -2.08. The lowest BCUT2D eigenvalue weighted by molar-refractivity contribution is 0.0476. The molecule has 0 radical (unpaired) electrons.